The predicted molar refractivity (Wildman–Crippen MR) is 253 cm³/mol. The van der Waals surface area contributed by atoms with Crippen LogP contribution in [0.3, 0.4) is 0 Å². The molecule has 3 fully saturated rings. The van der Waals surface area contributed by atoms with Crippen molar-refractivity contribution in [3.05, 3.63) is 53.6 Å². The Morgan fingerprint density at radius 3 is 1.63 bits per heavy atom. The first-order valence-corrected chi connectivity index (χ1v) is 26.3. The molecule has 3 nitrogen and oxygen atoms in total. The molecule has 1 saturated heterocycles. The molecule has 2 amide bonds. The zero-order chi connectivity index (χ0) is 41.7. The van der Waals surface area contributed by atoms with E-state index in [1.165, 1.54) is 184 Å². The van der Waals surface area contributed by atoms with Gasteiger partial charge in [0.15, 0.2) is 0 Å². The SMILES string of the molecule is C=Cc1ccc(CCC2=CC3CC2C2C(=O)N(CCCCCCCCC4CC(CCCCCCCCC)CC(CCCCCC)C4CCCCCCCC)C(=O)C32)cc1. The van der Waals surface area contributed by atoms with E-state index in [0.717, 1.165) is 61.3 Å². The van der Waals surface area contributed by atoms with E-state index in [4.69, 9.17) is 0 Å². The summed E-state index contributed by atoms with van der Waals surface area (Å²) in [7, 11) is 0. The Kier molecular flexibility index (Phi) is 21.9. The molecule has 0 N–H and O–H groups in total. The molecule has 8 atom stereocenters. The molecule has 0 aromatic heterocycles. The Morgan fingerprint density at radius 2 is 1.05 bits per heavy atom. The molecule has 59 heavy (non-hydrogen) atoms. The summed E-state index contributed by atoms with van der Waals surface area (Å²) in [5.41, 5.74) is 3.91. The van der Waals surface area contributed by atoms with Crippen molar-refractivity contribution >= 4 is 17.9 Å². The van der Waals surface area contributed by atoms with Gasteiger partial charge in [0.2, 0.25) is 11.8 Å². The number of aryl methyl sites for hydroxylation is 1. The molecule has 2 saturated carbocycles. The van der Waals surface area contributed by atoms with Gasteiger partial charge in [0.25, 0.3) is 0 Å². The second-order valence-corrected chi connectivity index (χ2v) is 20.3. The molecule has 4 aliphatic rings. The minimum absolute atomic E-state index is 0.0844. The van der Waals surface area contributed by atoms with Gasteiger partial charge >= 0.3 is 0 Å². The van der Waals surface area contributed by atoms with Gasteiger partial charge in [-0.15, -0.1) is 0 Å². The highest BCUT2D eigenvalue weighted by Crippen LogP contribution is 2.56. The second kappa shape index (κ2) is 27.0. The van der Waals surface area contributed by atoms with Crippen LogP contribution in [0.25, 0.3) is 6.08 Å². The molecule has 1 aliphatic heterocycles. The van der Waals surface area contributed by atoms with E-state index in [0.29, 0.717) is 6.54 Å². The second-order valence-electron chi connectivity index (χ2n) is 20.3. The van der Waals surface area contributed by atoms with Crippen molar-refractivity contribution < 1.29 is 9.59 Å². The van der Waals surface area contributed by atoms with Crippen molar-refractivity contribution in [1.29, 1.82) is 0 Å². The number of carbonyl (C=O) groups excluding carboxylic acids is 2. The Labute approximate surface area is 364 Å². The third kappa shape index (κ3) is 14.7. The number of fused-ring (bicyclic) bond motifs is 5. The maximum atomic E-state index is 13.7. The summed E-state index contributed by atoms with van der Waals surface area (Å²) in [6, 6.07) is 8.66. The number of unbranched alkanes of at least 4 members (excludes halogenated alkanes) is 19. The lowest BCUT2D eigenvalue weighted by Crippen LogP contribution is -2.34. The molecule has 3 aliphatic carbocycles. The fourth-order valence-corrected chi connectivity index (χ4v) is 12.6. The minimum atomic E-state index is -0.0913. The highest BCUT2D eigenvalue weighted by atomic mass is 16.2. The van der Waals surface area contributed by atoms with Crippen LogP contribution < -0.4 is 0 Å². The molecule has 332 valence electrons. The first-order valence-electron chi connectivity index (χ1n) is 26.3. The van der Waals surface area contributed by atoms with Crippen molar-refractivity contribution in [3.63, 3.8) is 0 Å². The van der Waals surface area contributed by atoms with Crippen molar-refractivity contribution in [2.24, 2.45) is 47.3 Å². The van der Waals surface area contributed by atoms with Crippen LogP contribution in [-0.2, 0) is 16.0 Å². The van der Waals surface area contributed by atoms with Crippen LogP contribution in [-0.4, -0.2) is 23.3 Å². The fraction of sp³-hybridized carbons (Fsp3) is 0.786. The van der Waals surface area contributed by atoms with Gasteiger partial charge in [-0.3, -0.25) is 14.5 Å². The summed E-state index contributed by atoms with van der Waals surface area (Å²) in [6.45, 7) is 11.5. The highest BCUT2D eigenvalue weighted by molar-refractivity contribution is 6.06. The average Bonchev–Trinajstić information content (AvgIpc) is 3.91. The molecule has 5 rings (SSSR count). The standard InChI is InChI=1S/C56H91NO2/c1-5-9-12-15-17-20-24-29-46-40-47(30-25-14-11-7-3)51(32-27-22-16-13-10-6-2)48(41-46)31-26-21-18-19-23-28-39-57-55(58)53-50-42-49(52(43-50)54(53)56(57)59)38-37-45-35-33-44(8-4)34-36-45/h8,33-36,42,46-48,50-54H,4-7,9-32,37-41,43H2,1-3H3. The van der Waals surface area contributed by atoms with Crippen molar-refractivity contribution in [2.75, 3.05) is 6.54 Å². The molecular formula is C56H91NO2. The summed E-state index contributed by atoms with van der Waals surface area (Å²) in [4.78, 5) is 29.0. The van der Waals surface area contributed by atoms with E-state index < -0.39 is 0 Å². The van der Waals surface area contributed by atoms with E-state index >= 15 is 0 Å². The molecule has 0 radical (unpaired) electrons. The van der Waals surface area contributed by atoms with Crippen LogP contribution in [0.15, 0.2) is 42.5 Å². The maximum absolute atomic E-state index is 13.7. The third-order valence-corrected chi connectivity index (χ3v) is 16.0. The number of allylic oxidation sites excluding steroid dienone is 2. The average molecular weight is 810 g/mol. The molecule has 8 unspecified atom stereocenters. The number of carbonyl (C=O) groups is 2. The maximum Gasteiger partial charge on any atom is 0.233 e. The van der Waals surface area contributed by atoms with Gasteiger partial charge in [-0.2, -0.15) is 0 Å². The minimum Gasteiger partial charge on any atom is -0.282 e. The van der Waals surface area contributed by atoms with Crippen LogP contribution in [0.4, 0.5) is 0 Å². The van der Waals surface area contributed by atoms with Crippen molar-refractivity contribution in [2.45, 2.75) is 226 Å². The Morgan fingerprint density at radius 1 is 0.559 bits per heavy atom. The highest BCUT2D eigenvalue weighted by Gasteiger charge is 2.60. The van der Waals surface area contributed by atoms with Gasteiger partial charge in [-0.25, -0.2) is 0 Å². The number of hydrogen-bond acceptors (Lipinski definition) is 2. The van der Waals surface area contributed by atoms with Crippen LogP contribution >= 0.6 is 0 Å². The van der Waals surface area contributed by atoms with Crippen molar-refractivity contribution in [3.8, 4) is 0 Å². The van der Waals surface area contributed by atoms with Gasteiger partial charge in [-0.1, -0.05) is 230 Å². The van der Waals surface area contributed by atoms with Crippen LogP contribution in [0.2, 0.25) is 0 Å². The Hall–Kier alpha value is -2.16. The summed E-state index contributed by atoms with van der Waals surface area (Å²) >= 11 is 0. The van der Waals surface area contributed by atoms with Gasteiger partial charge in [0, 0.05) is 6.54 Å². The number of nitrogens with zero attached hydrogens (tertiary/aromatic N) is 1. The summed E-state index contributed by atoms with van der Waals surface area (Å²) in [5.74, 6) is 4.53. The molecule has 2 bridgehead atoms. The number of hydrogen-bond donors (Lipinski definition) is 0. The molecule has 3 heteroatoms. The summed E-state index contributed by atoms with van der Waals surface area (Å²) in [5, 5.41) is 0. The van der Waals surface area contributed by atoms with E-state index in [-0.39, 0.29) is 35.5 Å². The van der Waals surface area contributed by atoms with E-state index in [1.54, 1.807) is 4.90 Å². The van der Waals surface area contributed by atoms with E-state index in [2.05, 4.69) is 57.7 Å². The monoisotopic (exact) mass is 810 g/mol. The van der Waals surface area contributed by atoms with Crippen LogP contribution in [0.5, 0.6) is 0 Å². The lowest BCUT2D eigenvalue weighted by atomic mass is 9.62. The number of benzene rings is 1. The fourth-order valence-electron chi connectivity index (χ4n) is 12.6. The molecular weight excluding hydrogens is 719 g/mol. The first-order chi connectivity index (χ1) is 29.0. The zero-order valence-electron chi connectivity index (χ0n) is 38.9. The Bertz CT molecular complexity index is 1380. The zero-order valence-corrected chi connectivity index (χ0v) is 38.9. The van der Waals surface area contributed by atoms with Gasteiger partial charge < -0.3 is 0 Å². The molecule has 1 aromatic carbocycles. The largest absolute Gasteiger partial charge is 0.282 e. The quantitative estimate of drug-likeness (QED) is 0.0403. The lowest BCUT2D eigenvalue weighted by Gasteiger charge is -2.43. The van der Waals surface area contributed by atoms with Gasteiger partial charge in [0.1, 0.15) is 0 Å². The van der Waals surface area contributed by atoms with Gasteiger partial charge in [0.05, 0.1) is 11.8 Å². The van der Waals surface area contributed by atoms with E-state index in [9.17, 15) is 9.59 Å². The molecule has 0 spiro atoms. The third-order valence-electron chi connectivity index (χ3n) is 16.0. The van der Waals surface area contributed by atoms with Crippen LogP contribution in [0, 0.1) is 47.3 Å². The Balaban J connectivity index is 1.03. The predicted octanol–water partition coefficient (Wildman–Crippen LogP) is 16.3. The summed E-state index contributed by atoms with van der Waals surface area (Å²) < 4.78 is 0. The molecule has 1 heterocycles. The van der Waals surface area contributed by atoms with Crippen LogP contribution in [0.1, 0.15) is 231 Å². The number of amides is 2. The summed E-state index contributed by atoms with van der Waals surface area (Å²) in [6.07, 6.45) is 47.9. The normalized spacial score (nSPS) is 26.2. The van der Waals surface area contributed by atoms with Crippen molar-refractivity contribution in [1.82, 2.24) is 4.90 Å². The van der Waals surface area contributed by atoms with E-state index in [1.807, 2.05) is 6.08 Å². The lowest BCUT2D eigenvalue weighted by molar-refractivity contribution is -0.140. The smallest absolute Gasteiger partial charge is 0.233 e. The molecule has 1 aromatic rings. The number of imide groups is 1. The first kappa shape index (κ1) is 47.9. The van der Waals surface area contributed by atoms with Gasteiger partial charge in [-0.05, 0) is 91.6 Å². The number of rotatable bonds is 33. The topological polar surface area (TPSA) is 37.4 Å². The number of likely N-dealkylation sites (tertiary alicyclic amines) is 1.